The second-order valence-electron chi connectivity index (χ2n) is 10.6. The number of benzene rings is 1. The predicted octanol–water partition coefficient (Wildman–Crippen LogP) is 4.30. The van der Waals surface area contributed by atoms with Crippen molar-refractivity contribution in [2.24, 2.45) is 0 Å². The lowest BCUT2D eigenvalue weighted by Crippen LogP contribution is -2.37. The summed E-state index contributed by atoms with van der Waals surface area (Å²) in [6, 6.07) is 4.06. The molecule has 2 amide bonds. The Balaban J connectivity index is 1.61. The van der Waals surface area contributed by atoms with Crippen molar-refractivity contribution < 1.29 is 61.1 Å². The minimum absolute atomic E-state index is 0.0696. The van der Waals surface area contributed by atoms with Crippen molar-refractivity contribution in [3.8, 4) is 5.75 Å². The molecule has 3 unspecified atom stereocenters. The molecule has 248 valence electrons. The number of hydrogen-bond acceptors (Lipinski definition) is 13. The first kappa shape index (κ1) is 38.0. The number of likely N-dealkylation sites (tertiary alicyclic amines) is 1. The van der Waals surface area contributed by atoms with Crippen LogP contribution in [-0.2, 0) is 41.6 Å². The van der Waals surface area contributed by atoms with Gasteiger partial charge in [0.05, 0.1) is 35.6 Å². The zero-order valence-electron chi connectivity index (χ0n) is 24.9. The summed E-state index contributed by atoms with van der Waals surface area (Å²) < 4.78 is 47.8. The van der Waals surface area contributed by atoms with Gasteiger partial charge < -0.3 is 14.5 Å². The quantitative estimate of drug-likeness (QED) is 0.0395. The topological polar surface area (TPSA) is 218 Å². The van der Waals surface area contributed by atoms with Gasteiger partial charge in [0, 0.05) is 12.5 Å². The standard InChI is InChI=1S/C25H38N2O14P2S/c1-18-9-10-20(19(15-18)27(31)32)40-23(29)17-26-22(28)16-21(24(26)30)44-14-8-6-5-7-11-37-42(33,34)38-12-13-39-43(35,36)41-25(2,3)4/h9-10,15,21H,5-8,11-14,16-17H2,1-4H3,(H,33,34)(H,35,36). The van der Waals surface area contributed by atoms with E-state index in [4.69, 9.17) is 18.3 Å². The monoisotopic (exact) mass is 684 g/mol. The van der Waals surface area contributed by atoms with Gasteiger partial charge in [-0.3, -0.25) is 42.7 Å². The maximum Gasteiger partial charge on any atom is 0.472 e. The molecule has 1 aliphatic rings. The summed E-state index contributed by atoms with van der Waals surface area (Å²) in [4.78, 5) is 67.9. The molecule has 44 heavy (non-hydrogen) atoms. The molecule has 0 bridgehead atoms. The number of imide groups is 1. The number of carbonyl (C=O) groups excluding carboxylic acids is 3. The molecule has 1 fully saturated rings. The predicted molar refractivity (Wildman–Crippen MR) is 158 cm³/mol. The number of ether oxygens (including phenoxy) is 1. The first-order chi connectivity index (χ1) is 20.4. The first-order valence-electron chi connectivity index (χ1n) is 13.6. The van der Waals surface area contributed by atoms with Crippen molar-refractivity contribution in [1.82, 2.24) is 4.90 Å². The van der Waals surface area contributed by atoms with E-state index < -0.39 is 74.6 Å². The van der Waals surface area contributed by atoms with E-state index in [0.29, 0.717) is 37.0 Å². The Bertz CT molecular complexity index is 1290. The van der Waals surface area contributed by atoms with Crippen molar-refractivity contribution in [3.63, 3.8) is 0 Å². The number of nitro benzene ring substituents is 1. The molecule has 19 heteroatoms. The highest BCUT2D eigenvalue weighted by Gasteiger charge is 2.40. The van der Waals surface area contributed by atoms with Crippen LogP contribution in [0.4, 0.5) is 5.69 Å². The number of phosphoric acid groups is 2. The molecule has 0 aromatic heterocycles. The second-order valence-corrected chi connectivity index (χ2v) is 14.8. The molecular formula is C25H38N2O14P2S. The second kappa shape index (κ2) is 16.9. The molecule has 2 N–H and O–H groups in total. The van der Waals surface area contributed by atoms with Crippen molar-refractivity contribution in [1.29, 1.82) is 0 Å². The number of nitro groups is 1. The van der Waals surface area contributed by atoms with Crippen LogP contribution in [0.3, 0.4) is 0 Å². The van der Waals surface area contributed by atoms with E-state index in [-0.39, 0.29) is 18.8 Å². The summed E-state index contributed by atoms with van der Waals surface area (Å²) >= 11 is 1.27. The Morgan fingerprint density at radius 2 is 1.66 bits per heavy atom. The highest BCUT2D eigenvalue weighted by molar-refractivity contribution is 8.00. The van der Waals surface area contributed by atoms with Gasteiger partial charge >= 0.3 is 27.3 Å². The Hall–Kier alpha value is -2.20. The number of nitrogens with zero attached hydrogens (tertiary/aromatic N) is 2. The van der Waals surface area contributed by atoms with Crippen LogP contribution in [-0.4, -0.2) is 80.4 Å². The Morgan fingerprint density at radius 1 is 1.05 bits per heavy atom. The van der Waals surface area contributed by atoms with Gasteiger partial charge in [0.2, 0.25) is 17.6 Å². The van der Waals surface area contributed by atoms with Crippen LogP contribution >= 0.6 is 27.4 Å². The number of rotatable bonds is 19. The SMILES string of the molecule is Cc1ccc(OC(=O)CN2C(=O)CC(SCCCCCCOP(=O)(O)OCCOP(=O)(O)OC(C)(C)C)C2=O)c([N+](=O)[O-])c1. The summed E-state index contributed by atoms with van der Waals surface area (Å²) in [5.74, 6) is -1.77. The van der Waals surface area contributed by atoms with Crippen molar-refractivity contribution >= 4 is 50.9 Å². The van der Waals surface area contributed by atoms with Crippen LogP contribution in [0.25, 0.3) is 0 Å². The molecule has 1 heterocycles. The van der Waals surface area contributed by atoms with Crippen LogP contribution in [0.2, 0.25) is 0 Å². The van der Waals surface area contributed by atoms with Crippen LogP contribution in [0.1, 0.15) is 58.4 Å². The number of phosphoric ester groups is 2. The van der Waals surface area contributed by atoms with Gasteiger partial charge in [0.1, 0.15) is 6.54 Å². The van der Waals surface area contributed by atoms with Crippen LogP contribution in [0.15, 0.2) is 18.2 Å². The van der Waals surface area contributed by atoms with E-state index in [2.05, 4.69) is 4.52 Å². The van der Waals surface area contributed by atoms with Gasteiger partial charge in [-0.25, -0.2) is 13.9 Å². The average Bonchev–Trinajstić information content (AvgIpc) is 3.15. The molecule has 0 saturated carbocycles. The minimum atomic E-state index is -4.38. The zero-order chi connectivity index (χ0) is 33.1. The first-order valence-corrected chi connectivity index (χ1v) is 17.6. The van der Waals surface area contributed by atoms with E-state index in [1.54, 1.807) is 27.7 Å². The van der Waals surface area contributed by atoms with Crippen LogP contribution < -0.4 is 4.74 Å². The Morgan fingerprint density at radius 3 is 2.30 bits per heavy atom. The summed E-state index contributed by atoms with van der Waals surface area (Å²) in [6.45, 7) is 4.67. The number of thioether (sulfide) groups is 1. The lowest BCUT2D eigenvalue weighted by Gasteiger charge is -2.22. The van der Waals surface area contributed by atoms with Crippen LogP contribution in [0.5, 0.6) is 5.75 Å². The molecular weight excluding hydrogens is 646 g/mol. The lowest BCUT2D eigenvalue weighted by atomic mass is 10.2. The molecule has 16 nitrogen and oxygen atoms in total. The van der Waals surface area contributed by atoms with Gasteiger partial charge in [0.25, 0.3) is 0 Å². The highest BCUT2D eigenvalue weighted by atomic mass is 32.2. The molecule has 1 saturated heterocycles. The van der Waals surface area contributed by atoms with E-state index in [9.17, 15) is 43.4 Å². The molecule has 1 aromatic carbocycles. The average molecular weight is 685 g/mol. The molecule has 0 radical (unpaired) electrons. The van der Waals surface area contributed by atoms with Gasteiger partial charge in [0.15, 0.2) is 0 Å². The number of unbranched alkanes of at least 4 members (excludes halogenated alkanes) is 3. The number of carbonyl (C=O) groups is 3. The molecule has 1 aliphatic heterocycles. The summed E-state index contributed by atoms with van der Waals surface area (Å²) in [6.07, 6.45) is 2.40. The third kappa shape index (κ3) is 13.8. The Labute approximate surface area is 259 Å². The fraction of sp³-hybridized carbons (Fsp3) is 0.640. The highest BCUT2D eigenvalue weighted by Crippen LogP contribution is 2.48. The smallest absolute Gasteiger partial charge is 0.418 e. The number of hydrogen-bond donors (Lipinski definition) is 2. The maximum absolute atomic E-state index is 12.7. The summed E-state index contributed by atoms with van der Waals surface area (Å²) in [5.41, 5.74) is -0.731. The van der Waals surface area contributed by atoms with Crippen LogP contribution in [0, 0.1) is 17.0 Å². The van der Waals surface area contributed by atoms with Crippen molar-refractivity contribution in [2.45, 2.75) is 70.7 Å². The third-order valence-corrected chi connectivity index (χ3v) is 9.22. The molecule has 2 rings (SSSR count). The fourth-order valence-electron chi connectivity index (χ4n) is 3.77. The molecule has 0 spiro atoms. The molecule has 1 aromatic rings. The zero-order valence-corrected chi connectivity index (χ0v) is 27.5. The minimum Gasteiger partial charge on any atom is -0.418 e. The summed E-state index contributed by atoms with van der Waals surface area (Å²) in [5, 5.41) is 10.6. The number of esters is 1. The van der Waals surface area contributed by atoms with Gasteiger partial charge in [-0.05, 0) is 57.9 Å². The molecule has 3 atom stereocenters. The summed E-state index contributed by atoms with van der Waals surface area (Å²) in [7, 11) is -8.73. The van der Waals surface area contributed by atoms with Crippen molar-refractivity contribution in [2.75, 3.05) is 32.1 Å². The Kier molecular flexibility index (Phi) is 14.6. The van der Waals surface area contributed by atoms with Gasteiger partial charge in [-0.1, -0.05) is 18.9 Å². The third-order valence-electron chi connectivity index (χ3n) is 5.62. The normalized spacial score (nSPS) is 18.2. The van der Waals surface area contributed by atoms with Crippen molar-refractivity contribution in [3.05, 3.63) is 33.9 Å². The van der Waals surface area contributed by atoms with E-state index in [1.807, 2.05) is 0 Å². The van der Waals surface area contributed by atoms with E-state index in [0.717, 1.165) is 4.90 Å². The largest absolute Gasteiger partial charge is 0.472 e. The number of amides is 2. The van der Waals surface area contributed by atoms with E-state index >= 15 is 0 Å². The van der Waals surface area contributed by atoms with Gasteiger partial charge in [-0.2, -0.15) is 0 Å². The number of aryl methyl sites for hydroxylation is 1. The molecule has 0 aliphatic carbocycles. The fourth-order valence-corrected chi connectivity index (χ4v) is 6.74. The lowest BCUT2D eigenvalue weighted by molar-refractivity contribution is -0.385. The van der Waals surface area contributed by atoms with Gasteiger partial charge in [-0.15, -0.1) is 11.8 Å². The maximum atomic E-state index is 12.7. The van der Waals surface area contributed by atoms with E-state index in [1.165, 1.54) is 30.0 Å².